The summed E-state index contributed by atoms with van der Waals surface area (Å²) in [4.78, 5) is 8.00. The van der Waals surface area contributed by atoms with Gasteiger partial charge in [0.25, 0.3) is 0 Å². The Bertz CT molecular complexity index is 410. The zero-order chi connectivity index (χ0) is 8.39. The molecule has 2 heterocycles. The summed E-state index contributed by atoms with van der Waals surface area (Å²) >= 11 is 1.38. The van der Waals surface area contributed by atoms with Crippen LogP contribution in [0.25, 0.3) is 0 Å². The van der Waals surface area contributed by atoms with E-state index in [1.54, 1.807) is 11.6 Å². The molecular weight excluding hydrogens is 176 g/mol. The van der Waals surface area contributed by atoms with E-state index in [1.807, 2.05) is 6.92 Å². The highest BCUT2D eigenvalue weighted by molar-refractivity contribution is 7.03. The highest BCUT2D eigenvalue weighted by Crippen LogP contribution is 2.08. The van der Waals surface area contributed by atoms with E-state index in [9.17, 15) is 0 Å². The van der Waals surface area contributed by atoms with E-state index in [-0.39, 0.29) is 0 Å². The molecule has 2 aromatic heterocycles. The number of aromatic nitrogens is 3. The molecule has 0 radical (unpaired) electrons. The van der Waals surface area contributed by atoms with E-state index in [0.29, 0.717) is 11.4 Å². The van der Waals surface area contributed by atoms with Crippen LogP contribution in [-0.2, 0) is 0 Å². The quantitative estimate of drug-likeness (QED) is 0.715. The molecule has 0 saturated heterocycles. The molecule has 0 amide bonds. The number of rotatable bonds is 1. The van der Waals surface area contributed by atoms with Gasteiger partial charge in [-0.25, -0.2) is 4.98 Å². The Morgan fingerprint density at radius 3 is 3.17 bits per heavy atom. The average Bonchev–Trinajstić information content (AvgIpc) is 2.63. The van der Waals surface area contributed by atoms with Crippen LogP contribution in [0.2, 0.25) is 0 Å². The first-order chi connectivity index (χ1) is 5.84. The third-order valence-electron chi connectivity index (χ3n) is 1.21. The lowest BCUT2D eigenvalue weighted by atomic mass is 10.5. The summed E-state index contributed by atoms with van der Waals surface area (Å²) in [5.41, 5.74) is 2.22. The number of nitrogens with one attached hydrogen (secondary N) is 1. The molecule has 12 heavy (non-hydrogen) atoms. The van der Waals surface area contributed by atoms with Crippen LogP contribution in [0.5, 0.6) is 0 Å². The van der Waals surface area contributed by atoms with Crippen LogP contribution in [0.3, 0.4) is 0 Å². The van der Waals surface area contributed by atoms with Gasteiger partial charge >= 0.3 is 0 Å². The maximum absolute atomic E-state index is 4.83. The van der Waals surface area contributed by atoms with E-state index < -0.39 is 0 Å². The molecule has 2 rings (SSSR count). The first kappa shape index (κ1) is 7.23. The molecule has 0 atom stereocenters. The van der Waals surface area contributed by atoms with E-state index in [2.05, 4.69) is 19.5 Å². The summed E-state index contributed by atoms with van der Waals surface area (Å²) in [5, 5.41) is 3.69. The van der Waals surface area contributed by atoms with Gasteiger partial charge in [0.05, 0.1) is 0 Å². The van der Waals surface area contributed by atoms with Crippen LogP contribution < -0.4 is 5.62 Å². The van der Waals surface area contributed by atoms with Crippen LogP contribution in [0, 0.1) is 6.92 Å². The lowest BCUT2D eigenvalue weighted by Crippen LogP contribution is -2.02. The van der Waals surface area contributed by atoms with Crippen molar-refractivity contribution in [1.82, 2.24) is 14.5 Å². The van der Waals surface area contributed by atoms with Crippen molar-refractivity contribution in [2.45, 2.75) is 6.92 Å². The Labute approximate surface area is 71.9 Å². The molecule has 0 spiro atoms. The topological polar surface area (TPSA) is 67.1 Å². The van der Waals surface area contributed by atoms with Gasteiger partial charge in [-0.1, -0.05) is 5.16 Å². The minimum absolute atomic E-state index is 0.537. The lowest BCUT2D eigenvalue weighted by molar-refractivity contribution is 0.399. The van der Waals surface area contributed by atoms with Crippen LogP contribution in [0.1, 0.15) is 5.76 Å². The second-order valence-corrected chi connectivity index (χ2v) is 2.84. The van der Waals surface area contributed by atoms with Gasteiger partial charge in [-0.2, -0.15) is 4.99 Å². The summed E-state index contributed by atoms with van der Waals surface area (Å²) in [6, 6.07) is 1.74. The summed E-state index contributed by atoms with van der Waals surface area (Å²) in [6.45, 7) is 1.82. The van der Waals surface area contributed by atoms with Crippen molar-refractivity contribution >= 4 is 17.4 Å². The zero-order valence-corrected chi connectivity index (χ0v) is 7.13. The van der Waals surface area contributed by atoms with E-state index in [0.717, 1.165) is 5.76 Å². The fourth-order valence-electron chi connectivity index (χ4n) is 0.748. The van der Waals surface area contributed by atoms with E-state index >= 15 is 0 Å². The number of H-pyrrole nitrogens is 1. The minimum atomic E-state index is 0.537. The van der Waals surface area contributed by atoms with Gasteiger partial charge in [-0.3, -0.25) is 4.37 Å². The fourth-order valence-corrected chi connectivity index (χ4v) is 1.16. The zero-order valence-electron chi connectivity index (χ0n) is 6.31. The largest absolute Gasteiger partial charge is 0.359 e. The van der Waals surface area contributed by atoms with Gasteiger partial charge in [-0.05, 0) is 18.5 Å². The highest BCUT2D eigenvalue weighted by atomic mass is 32.1. The van der Waals surface area contributed by atoms with Crippen molar-refractivity contribution in [3.8, 4) is 0 Å². The Morgan fingerprint density at radius 2 is 2.58 bits per heavy atom. The Morgan fingerprint density at radius 1 is 1.67 bits per heavy atom. The van der Waals surface area contributed by atoms with Crippen molar-refractivity contribution in [2.75, 3.05) is 0 Å². The van der Waals surface area contributed by atoms with Gasteiger partial charge in [-0.15, -0.1) is 0 Å². The van der Waals surface area contributed by atoms with Crippen LogP contribution in [0.4, 0.5) is 5.82 Å². The fraction of sp³-hybridized carbons (Fsp3) is 0.167. The van der Waals surface area contributed by atoms with Gasteiger partial charge in [0.2, 0.25) is 5.62 Å². The van der Waals surface area contributed by atoms with Crippen molar-refractivity contribution in [3.63, 3.8) is 0 Å². The Hall–Kier alpha value is -1.43. The minimum Gasteiger partial charge on any atom is -0.359 e. The molecule has 2 aromatic rings. The van der Waals surface area contributed by atoms with E-state index in [1.165, 1.54) is 11.5 Å². The highest BCUT2D eigenvalue weighted by Gasteiger charge is 1.96. The first-order valence-electron chi connectivity index (χ1n) is 3.31. The van der Waals surface area contributed by atoms with Gasteiger partial charge < -0.3 is 4.52 Å². The number of aryl methyl sites for hydroxylation is 1. The number of hydrogen-bond donors (Lipinski definition) is 1. The van der Waals surface area contributed by atoms with E-state index in [4.69, 9.17) is 4.52 Å². The molecule has 0 bridgehead atoms. The van der Waals surface area contributed by atoms with Crippen molar-refractivity contribution in [2.24, 2.45) is 4.99 Å². The van der Waals surface area contributed by atoms with Gasteiger partial charge in [0, 0.05) is 6.07 Å². The Kier molecular flexibility index (Phi) is 1.75. The standard InChI is InChI=1S/C6H6N4OS/c1-4-2-5(9-11-4)8-6-7-3-12-10-6/h2-3H,1H3,(H,8,9,10). The maximum Gasteiger partial charge on any atom is 0.239 e. The smallest absolute Gasteiger partial charge is 0.239 e. The molecule has 5 nitrogen and oxygen atoms in total. The van der Waals surface area contributed by atoms with Gasteiger partial charge in [0.1, 0.15) is 11.3 Å². The second-order valence-electron chi connectivity index (χ2n) is 2.19. The third kappa shape index (κ3) is 1.42. The maximum atomic E-state index is 4.83. The van der Waals surface area contributed by atoms with Crippen LogP contribution >= 0.6 is 11.5 Å². The molecule has 62 valence electrons. The molecule has 0 saturated carbocycles. The van der Waals surface area contributed by atoms with Crippen LogP contribution in [-0.4, -0.2) is 14.5 Å². The number of hydrogen-bond acceptors (Lipinski definition) is 5. The van der Waals surface area contributed by atoms with Crippen molar-refractivity contribution in [3.05, 3.63) is 23.0 Å². The van der Waals surface area contributed by atoms with Crippen LogP contribution in [0.15, 0.2) is 21.1 Å². The second kappa shape index (κ2) is 2.90. The lowest BCUT2D eigenvalue weighted by Gasteiger charge is -1.74. The summed E-state index contributed by atoms with van der Waals surface area (Å²) < 4.78 is 7.71. The molecule has 6 heteroatoms. The predicted molar refractivity (Wildman–Crippen MR) is 42.9 cm³/mol. The normalized spacial score (nSPS) is 12.2. The van der Waals surface area contributed by atoms with Crippen molar-refractivity contribution < 1.29 is 4.52 Å². The molecule has 0 fully saturated rings. The van der Waals surface area contributed by atoms with Crippen molar-refractivity contribution in [1.29, 1.82) is 0 Å². The average molecular weight is 182 g/mol. The number of nitrogens with zero attached hydrogens (tertiary/aromatic N) is 3. The summed E-state index contributed by atoms with van der Waals surface area (Å²) in [5.74, 6) is 1.28. The monoisotopic (exact) mass is 182 g/mol. The SMILES string of the molecule is Cc1cc(N=c2ncs[nH]2)no1. The summed E-state index contributed by atoms with van der Waals surface area (Å²) in [7, 11) is 0. The molecule has 1 N–H and O–H groups in total. The molecule has 0 aromatic carbocycles. The molecular formula is C6H6N4OS. The van der Waals surface area contributed by atoms with Gasteiger partial charge in [0.15, 0.2) is 5.82 Å². The summed E-state index contributed by atoms with van der Waals surface area (Å²) in [6.07, 6.45) is 0. The first-order valence-corrected chi connectivity index (χ1v) is 4.19. The molecule has 0 aliphatic rings. The molecule has 0 unspecified atom stereocenters. The predicted octanol–water partition coefficient (Wildman–Crippen LogP) is 1.00. The third-order valence-corrected chi connectivity index (χ3v) is 1.73. The molecule has 0 aliphatic heterocycles. The number of aromatic amines is 1. The Balaban J connectivity index is 2.41. The molecule has 0 aliphatic carbocycles.